The monoisotopic (exact) mass is 302 g/mol. The zero-order valence-corrected chi connectivity index (χ0v) is 17.2. The highest BCUT2D eigenvalue weighted by Crippen LogP contribution is 2.36. The lowest BCUT2D eigenvalue weighted by Gasteiger charge is -2.40. The third-order valence-electron chi connectivity index (χ3n) is 4.96. The van der Waals surface area contributed by atoms with Crippen molar-refractivity contribution in [3.63, 3.8) is 0 Å². The first-order valence-electron chi connectivity index (χ1n) is 7.55. The maximum absolute atomic E-state index is 3.03. The first kappa shape index (κ1) is 16.6. The lowest BCUT2D eigenvalue weighted by Crippen LogP contribution is -2.64. The van der Waals surface area contributed by atoms with Crippen molar-refractivity contribution in [2.24, 2.45) is 11.8 Å². The summed E-state index contributed by atoms with van der Waals surface area (Å²) in [6, 6.07) is 0. The molecule has 0 aromatic carbocycles. The van der Waals surface area contributed by atoms with Crippen LogP contribution < -0.4 is 0 Å². The Morgan fingerprint density at radius 1 is 0.778 bits per heavy atom. The molecule has 0 unspecified atom stereocenters. The first-order chi connectivity index (χ1) is 8.01. The van der Waals surface area contributed by atoms with Gasteiger partial charge in [-0.3, -0.25) is 0 Å². The second-order valence-corrected chi connectivity index (χ2v) is 26.1. The van der Waals surface area contributed by atoms with E-state index in [-0.39, 0.29) is 0 Å². The summed E-state index contributed by atoms with van der Waals surface area (Å²) in [4.78, 5) is 0. The molecule has 0 saturated carbocycles. The summed E-state index contributed by atoms with van der Waals surface area (Å²) in [6.45, 7) is 25.4. The zero-order valence-electron chi connectivity index (χ0n) is 14.0. The highest BCUT2D eigenvalue weighted by molar-refractivity contribution is 7.43. The van der Waals surface area contributed by atoms with E-state index in [2.05, 4.69) is 68.9 Å². The molecule has 0 radical (unpaired) electrons. The van der Waals surface area contributed by atoms with Crippen molar-refractivity contribution in [3.8, 4) is 0 Å². The Kier molecular flexibility index (Phi) is 5.10. The van der Waals surface area contributed by atoms with E-state index in [9.17, 15) is 0 Å². The maximum Gasteiger partial charge on any atom is 0.173 e. The van der Waals surface area contributed by atoms with Crippen molar-refractivity contribution in [2.45, 2.75) is 60.4 Å². The van der Waals surface area contributed by atoms with Gasteiger partial charge in [0.2, 0.25) is 0 Å². The quantitative estimate of drug-likeness (QED) is 0.736. The van der Waals surface area contributed by atoms with Crippen molar-refractivity contribution in [3.05, 3.63) is 0 Å². The Morgan fingerprint density at radius 2 is 1.06 bits per heavy atom. The summed E-state index contributed by atoms with van der Waals surface area (Å²) in [5.41, 5.74) is 0. The van der Waals surface area contributed by atoms with E-state index in [4.69, 9.17) is 0 Å². The molecule has 18 heavy (non-hydrogen) atoms. The molecule has 0 aliphatic carbocycles. The molecule has 5 heteroatoms. The van der Waals surface area contributed by atoms with E-state index in [1.54, 1.807) is 0 Å². The van der Waals surface area contributed by atoms with E-state index in [0.717, 1.165) is 11.8 Å². The van der Waals surface area contributed by atoms with Gasteiger partial charge in [-0.2, -0.15) is 0 Å². The Balaban J connectivity index is 3.03. The first-order valence-corrected chi connectivity index (χ1v) is 16.6. The van der Waals surface area contributed by atoms with Gasteiger partial charge in [-0.25, -0.2) is 0 Å². The van der Waals surface area contributed by atoms with Crippen LogP contribution in [0.2, 0.25) is 32.7 Å². The van der Waals surface area contributed by atoms with Crippen molar-refractivity contribution in [1.82, 2.24) is 8.46 Å². The van der Waals surface area contributed by atoms with Gasteiger partial charge < -0.3 is 8.46 Å². The normalized spacial score (nSPS) is 25.5. The lowest BCUT2D eigenvalue weighted by atomic mass is 10.2. The SMILES string of the molecule is CC(C)CN1[SiH](C)N(CC(C)C)[Si](C)(C)[Si]1(C)C. The summed E-state index contributed by atoms with van der Waals surface area (Å²) in [5, 5.41) is 0. The van der Waals surface area contributed by atoms with Crippen LogP contribution >= 0.6 is 0 Å². The van der Waals surface area contributed by atoms with Crippen molar-refractivity contribution >= 4 is 24.6 Å². The molecular weight excluding hydrogens is 268 g/mol. The number of nitrogens with zero attached hydrogens (tertiary/aromatic N) is 2. The van der Waals surface area contributed by atoms with Gasteiger partial charge in [0.15, 0.2) is 9.12 Å². The van der Waals surface area contributed by atoms with Gasteiger partial charge >= 0.3 is 0 Å². The van der Waals surface area contributed by atoms with E-state index < -0.39 is 24.6 Å². The van der Waals surface area contributed by atoms with E-state index in [0.29, 0.717) is 0 Å². The average molecular weight is 303 g/mol. The van der Waals surface area contributed by atoms with Crippen LogP contribution in [0, 0.1) is 11.8 Å². The van der Waals surface area contributed by atoms with Crippen LogP contribution in [0.4, 0.5) is 0 Å². The molecule has 0 aromatic heterocycles. The molecule has 0 N–H and O–H groups in total. The van der Waals surface area contributed by atoms with Gasteiger partial charge in [-0.1, -0.05) is 53.9 Å². The summed E-state index contributed by atoms with van der Waals surface area (Å²) in [5.74, 6) is 1.63. The van der Waals surface area contributed by atoms with Crippen LogP contribution in [0.5, 0.6) is 0 Å². The van der Waals surface area contributed by atoms with Crippen LogP contribution in [-0.4, -0.2) is 46.2 Å². The Labute approximate surface area is 118 Å². The van der Waals surface area contributed by atoms with Gasteiger partial charge in [0.1, 0.15) is 15.5 Å². The number of hydrogen-bond donors (Lipinski definition) is 0. The topological polar surface area (TPSA) is 6.48 Å². The average Bonchev–Trinajstić information content (AvgIpc) is 2.29. The Morgan fingerprint density at radius 3 is 1.28 bits per heavy atom. The lowest BCUT2D eigenvalue weighted by molar-refractivity contribution is 0.463. The van der Waals surface area contributed by atoms with Gasteiger partial charge in [-0.05, 0) is 31.5 Å². The number of rotatable bonds is 4. The van der Waals surface area contributed by atoms with E-state index >= 15 is 0 Å². The van der Waals surface area contributed by atoms with Crippen LogP contribution in [0.25, 0.3) is 0 Å². The molecule has 108 valence electrons. The molecular formula is C13H34N2Si3. The molecule has 0 amide bonds. The molecule has 1 rings (SSSR count). The smallest absolute Gasteiger partial charge is 0.173 e. The van der Waals surface area contributed by atoms with Gasteiger partial charge in [0.05, 0.1) is 0 Å². The minimum Gasteiger partial charge on any atom is -0.337 e. The number of hydrogen-bond acceptors (Lipinski definition) is 2. The molecule has 1 saturated heterocycles. The fraction of sp³-hybridized carbons (Fsp3) is 1.00. The second-order valence-electron chi connectivity index (χ2n) is 7.84. The molecule has 0 spiro atoms. The van der Waals surface area contributed by atoms with E-state index in [1.807, 2.05) is 0 Å². The van der Waals surface area contributed by atoms with Crippen molar-refractivity contribution < 1.29 is 0 Å². The third kappa shape index (κ3) is 2.85. The predicted molar refractivity (Wildman–Crippen MR) is 91.1 cm³/mol. The largest absolute Gasteiger partial charge is 0.337 e. The van der Waals surface area contributed by atoms with Crippen LogP contribution in [-0.2, 0) is 0 Å². The van der Waals surface area contributed by atoms with Crippen LogP contribution in [0.15, 0.2) is 0 Å². The van der Waals surface area contributed by atoms with Gasteiger partial charge in [0, 0.05) is 0 Å². The van der Waals surface area contributed by atoms with E-state index in [1.165, 1.54) is 13.1 Å². The molecule has 1 aliphatic heterocycles. The molecule has 2 nitrogen and oxygen atoms in total. The molecule has 1 fully saturated rings. The van der Waals surface area contributed by atoms with Crippen molar-refractivity contribution in [1.29, 1.82) is 0 Å². The van der Waals surface area contributed by atoms with Crippen molar-refractivity contribution in [2.75, 3.05) is 13.1 Å². The maximum atomic E-state index is 3.03. The van der Waals surface area contributed by atoms with Gasteiger partial charge in [-0.15, -0.1) is 0 Å². The highest BCUT2D eigenvalue weighted by Gasteiger charge is 2.59. The summed E-state index contributed by atoms with van der Waals surface area (Å²) >= 11 is 0. The molecule has 0 atom stereocenters. The molecule has 1 heterocycles. The summed E-state index contributed by atoms with van der Waals surface area (Å²) in [6.07, 6.45) is 0. The molecule has 1 aliphatic rings. The Bertz CT molecular complexity index is 262. The third-order valence-corrected chi connectivity index (χ3v) is 31.8. The van der Waals surface area contributed by atoms with Crippen LogP contribution in [0.1, 0.15) is 27.7 Å². The van der Waals surface area contributed by atoms with Gasteiger partial charge in [0.25, 0.3) is 0 Å². The fourth-order valence-electron chi connectivity index (χ4n) is 3.35. The molecule has 0 bridgehead atoms. The minimum atomic E-state index is -1.19. The molecule has 0 aromatic rings. The fourth-order valence-corrected chi connectivity index (χ4v) is 30.7. The second kappa shape index (κ2) is 5.52. The Hall–Kier alpha value is 0.571. The highest BCUT2D eigenvalue weighted by atomic mass is 29.3. The standard InChI is InChI=1S/C13H34N2Si3/c1-12(2)10-14-16(5)15(11-13(3)4)18(8,9)17(14,6)7/h12-13,16H,10-11H2,1-9H3. The van der Waals surface area contributed by atoms with Crippen LogP contribution in [0.3, 0.4) is 0 Å². The summed E-state index contributed by atoms with van der Waals surface area (Å²) < 4.78 is 6.07. The summed E-state index contributed by atoms with van der Waals surface area (Å²) in [7, 11) is -3.24. The minimum absolute atomic E-state index is 0.815. The predicted octanol–water partition coefficient (Wildman–Crippen LogP) is 3.25. The zero-order chi connectivity index (χ0) is 14.3.